The fourth-order valence-electron chi connectivity index (χ4n) is 2.51. The van der Waals surface area contributed by atoms with Gasteiger partial charge in [-0.1, -0.05) is 6.92 Å². The summed E-state index contributed by atoms with van der Waals surface area (Å²) in [4.78, 5) is 18.6. The maximum absolute atomic E-state index is 12.1. The highest BCUT2D eigenvalue weighted by Crippen LogP contribution is 2.22. The second-order valence-corrected chi connectivity index (χ2v) is 5.70. The van der Waals surface area contributed by atoms with E-state index in [0.29, 0.717) is 18.7 Å². The predicted octanol–water partition coefficient (Wildman–Crippen LogP) is 2.08. The monoisotopic (exact) mass is 291 g/mol. The summed E-state index contributed by atoms with van der Waals surface area (Å²) in [6.07, 6.45) is 6.69. The van der Waals surface area contributed by atoms with E-state index in [1.54, 1.807) is 13.3 Å². The standard InChI is InChI=1S/C16H25N3O2/c1-13-4-7-19(8-5-13)15-10-14(11-17-12-15)16(20)18-6-3-9-21-2/h10-13H,3-9H2,1-2H3,(H,18,20). The van der Waals surface area contributed by atoms with Crippen molar-refractivity contribution in [1.29, 1.82) is 0 Å². The Morgan fingerprint density at radius 2 is 2.19 bits per heavy atom. The number of aromatic nitrogens is 1. The number of piperidine rings is 1. The molecule has 0 atom stereocenters. The maximum atomic E-state index is 12.1. The summed E-state index contributed by atoms with van der Waals surface area (Å²) in [5.41, 5.74) is 1.68. The summed E-state index contributed by atoms with van der Waals surface area (Å²) in [6, 6.07) is 1.94. The number of nitrogens with zero attached hydrogens (tertiary/aromatic N) is 2. The second-order valence-electron chi connectivity index (χ2n) is 5.70. The smallest absolute Gasteiger partial charge is 0.252 e. The van der Waals surface area contributed by atoms with Crippen molar-refractivity contribution in [3.05, 3.63) is 24.0 Å². The van der Waals surface area contributed by atoms with Gasteiger partial charge in [0.15, 0.2) is 0 Å². The van der Waals surface area contributed by atoms with Crippen LogP contribution in [0.2, 0.25) is 0 Å². The van der Waals surface area contributed by atoms with Crippen molar-refractivity contribution in [1.82, 2.24) is 10.3 Å². The zero-order chi connectivity index (χ0) is 15.1. The summed E-state index contributed by atoms with van der Waals surface area (Å²) >= 11 is 0. The Hall–Kier alpha value is -1.62. The molecule has 0 radical (unpaired) electrons. The van der Waals surface area contributed by atoms with Crippen LogP contribution in [-0.4, -0.2) is 44.2 Å². The van der Waals surface area contributed by atoms with Crippen LogP contribution in [0.25, 0.3) is 0 Å². The molecule has 116 valence electrons. The van der Waals surface area contributed by atoms with Crippen LogP contribution in [0.1, 0.15) is 36.5 Å². The van der Waals surface area contributed by atoms with E-state index >= 15 is 0 Å². The summed E-state index contributed by atoms with van der Waals surface area (Å²) in [5, 5.41) is 2.89. The van der Waals surface area contributed by atoms with E-state index < -0.39 is 0 Å². The molecular weight excluding hydrogens is 266 g/mol. The van der Waals surface area contributed by atoms with Crippen LogP contribution < -0.4 is 10.2 Å². The lowest BCUT2D eigenvalue weighted by molar-refractivity contribution is 0.0948. The number of hydrogen-bond acceptors (Lipinski definition) is 4. The molecule has 21 heavy (non-hydrogen) atoms. The van der Waals surface area contributed by atoms with Crippen molar-refractivity contribution in [3.8, 4) is 0 Å². The number of nitrogens with one attached hydrogen (secondary N) is 1. The van der Waals surface area contributed by atoms with Gasteiger partial charge in [0.05, 0.1) is 17.4 Å². The van der Waals surface area contributed by atoms with Crippen LogP contribution in [-0.2, 0) is 4.74 Å². The molecule has 1 aromatic rings. The fourth-order valence-corrected chi connectivity index (χ4v) is 2.51. The minimum absolute atomic E-state index is 0.0640. The van der Waals surface area contributed by atoms with Crippen LogP contribution >= 0.6 is 0 Å². The Balaban J connectivity index is 1.92. The van der Waals surface area contributed by atoms with Gasteiger partial charge in [-0.05, 0) is 31.2 Å². The van der Waals surface area contributed by atoms with Crippen LogP contribution in [0.4, 0.5) is 5.69 Å². The van der Waals surface area contributed by atoms with Crippen LogP contribution in [0.15, 0.2) is 18.5 Å². The Bertz CT molecular complexity index is 457. The van der Waals surface area contributed by atoms with Crippen molar-refractivity contribution < 1.29 is 9.53 Å². The van der Waals surface area contributed by atoms with Gasteiger partial charge in [-0.15, -0.1) is 0 Å². The number of methoxy groups -OCH3 is 1. The first-order chi connectivity index (χ1) is 10.2. The van der Waals surface area contributed by atoms with Crippen molar-refractivity contribution in [2.75, 3.05) is 38.3 Å². The molecule has 0 saturated carbocycles. The first-order valence-electron chi connectivity index (χ1n) is 7.68. The average Bonchev–Trinajstić information content (AvgIpc) is 2.52. The first kappa shape index (κ1) is 15.8. The van der Waals surface area contributed by atoms with E-state index in [9.17, 15) is 4.79 Å². The highest BCUT2D eigenvalue weighted by molar-refractivity contribution is 5.94. The van der Waals surface area contributed by atoms with Crippen molar-refractivity contribution in [3.63, 3.8) is 0 Å². The molecule has 0 aromatic carbocycles. The molecule has 1 saturated heterocycles. The average molecular weight is 291 g/mol. The number of pyridine rings is 1. The summed E-state index contributed by atoms with van der Waals surface area (Å²) in [5.74, 6) is 0.729. The number of amides is 1. The lowest BCUT2D eigenvalue weighted by Crippen LogP contribution is -2.33. The maximum Gasteiger partial charge on any atom is 0.252 e. The molecule has 1 fully saturated rings. The molecule has 0 bridgehead atoms. The minimum Gasteiger partial charge on any atom is -0.385 e. The van der Waals surface area contributed by atoms with Crippen LogP contribution in [0.5, 0.6) is 0 Å². The molecule has 2 heterocycles. The third-order valence-corrected chi connectivity index (χ3v) is 3.95. The van der Waals surface area contributed by atoms with E-state index in [2.05, 4.69) is 22.1 Å². The molecule has 0 aliphatic carbocycles. The fraction of sp³-hybridized carbons (Fsp3) is 0.625. The molecule has 1 aromatic heterocycles. The predicted molar refractivity (Wildman–Crippen MR) is 83.7 cm³/mol. The summed E-state index contributed by atoms with van der Waals surface area (Å²) in [7, 11) is 1.66. The number of carbonyl (C=O) groups excluding carboxylic acids is 1. The van der Waals surface area contributed by atoms with Gasteiger partial charge in [-0.2, -0.15) is 0 Å². The van der Waals surface area contributed by atoms with Gasteiger partial charge in [-0.25, -0.2) is 0 Å². The zero-order valence-electron chi connectivity index (χ0n) is 13.0. The molecule has 1 N–H and O–H groups in total. The van der Waals surface area contributed by atoms with Crippen molar-refractivity contribution in [2.24, 2.45) is 5.92 Å². The third kappa shape index (κ3) is 4.70. The Morgan fingerprint density at radius 1 is 1.43 bits per heavy atom. The number of carbonyl (C=O) groups is 1. The Labute approximate surface area is 126 Å². The molecule has 0 unspecified atom stereocenters. The van der Waals surface area contributed by atoms with Crippen LogP contribution in [0, 0.1) is 5.92 Å². The van der Waals surface area contributed by atoms with E-state index in [-0.39, 0.29) is 5.91 Å². The molecule has 1 aliphatic rings. The largest absolute Gasteiger partial charge is 0.385 e. The quantitative estimate of drug-likeness (QED) is 0.815. The highest BCUT2D eigenvalue weighted by atomic mass is 16.5. The topological polar surface area (TPSA) is 54.5 Å². The Morgan fingerprint density at radius 3 is 2.90 bits per heavy atom. The number of hydrogen-bond donors (Lipinski definition) is 1. The zero-order valence-corrected chi connectivity index (χ0v) is 13.0. The number of ether oxygens (including phenoxy) is 1. The molecule has 0 spiro atoms. The molecule has 1 amide bonds. The van der Waals surface area contributed by atoms with E-state index in [4.69, 9.17) is 4.74 Å². The molecule has 1 aliphatic heterocycles. The number of rotatable bonds is 6. The normalized spacial score (nSPS) is 16.0. The highest BCUT2D eigenvalue weighted by Gasteiger charge is 2.17. The molecule has 2 rings (SSSR count). The number of anilines is 1. The lowest BCUT2D eigenvalue weighted by atomic mass is 9.99. The summed E-state index contributed by atoms with van der Waals surface area (Å²) < 4.78 is 4.97. The van der Waals surface area contributed by atoms with Crippen molar-refractivity contribution in [2.45, 2.75) is 26.2 Å². The molecular formula is C16H25N3O2. The molecule has 5 heteroatoms. The third-order valence-electron chi connectivity index (χ3n) is 3.95. The summed E-state index contributed by atoms with van der Waals surface area (Å²) in [6.45, 7) is 5.66. The second kappa shape index (κ2) is 7.98. The molecule has 5 nitrogen and oxygen atoms in total. The first-order valence-corrected chi connectivity index (χ1v) is 7.68. The van der Waals surface area contributed by atoms with Gasteiger partial charge < -0.3 is 15.0 Å². The van der Waals surface area contributed by atoms with Crippen LogP contribution in [0.3, 0.4) is 0 Å². The van der Waals surface area contributed by atoms with Gasteiger partial charge in [0, 0.05) is 39.5 Å². The van der Waals surface area contributed by atoms with Crippen molar-refractivity contribution >= 4 is 11.6 Å². The van der Waals surface area contributed by atoms with Gasteiger partial charge in [0.25, 0.3) is 5.91 Å². The van der Waals surface area contributed by atoms with Gasteiger partial charge in [0.2, 0.25) is 0 Å². The van der Waals surface area contributed by atoms with Gasteiger partial charge >= 0.3 is 0 Å². The minimum atomic E-state index is -0.0640. The Kier molecular flexibility index (Phi) is 5.99. The lowest BCUT2D eigenvalue weighted by Gasteiger charge is -2.32. The van der Waals surface area contributed by atoms with E-state index in [1.165, 1.54) is 12.8 Å². The van der Waals surface area contributed by atoms with Gasteiger partial charge in [0.1, 0.15) is 0 Å². The van der Waals surface area contributed by atoms with E-state index in [0.717, 1.165) is 31.1 Å². The van der Waals surface area contributed by atoms with Gasteiger partial charge in [-0.3, -0.25) is 9.78 Å². The SMILES string of the molecule is COCCCNC(=O)c1cncc(N2CCC(C)CC2)c1. The van der Waals surface area contributed by atoms with E-state index in [1.807, 2.05) is 12.3 Å².